The number of halogens is 1. The summed E-state index contributed by atoms with van der Waals surface area (Å²) in [6.45, 7) is 4.08. The number of aryl methyl sites for hydroxylation is 1. The van der Waals surface area contributed by atoms with Crippen LogP contribution in [0.25, 0.3) is 0 Å². The molecule has 10 heteroatoms. The normalized spacial score (nSPS) is 12.5. The maximum absolute atomic E-state index is 5.45. The van der Waals surface area contributed by atoms with Crippen LogP contribution in [0.4, 0.5) is 0 Å². The Morgan fingerprint density at radius 3 is 2.83 bits per heavy atom. The third-order valence-electron chi connectivity index (χ3n) is 4.70. The average molecular weight is 540 g/mol. The number of aromatic nitrogens is 3. The number of rotatable bonds is 7. The fraction of sp³-hybridized carbons (Fsp3) is 0.350. The van der Waals surface area contributed by atoms with Crippen LogP contribution in [0.3, 0.4) is 0 Å². The summed E-state index contributed by atoms with van der Waals surface area (Å²) in [5, 5.41) is 17.2. The van der Waals surface area contributed by atoms with E-state index >= 15 is 0 Å². The van der Waals surface area contributed by atoms with Crippen molar-refractivity contribution in [1.82, 2.24) is 25.4 Å². The van der Waals surface area contributed by atoms with Crippen LogP contribution in [0.15, 0.2) is 40.7 Å². The first-order valence-electron chi connectivity index (χ1n) is 9.47. The summed E-state index contributed by atoms with van der Waals surface area (Å²) in [5.74, 6) is 4.03. The number of ether oxygens (including phenoxy) is 2. The number of aliphatic imine (C=N–C) groups is 1. The molecule has 0 spiro atoms. The SMILES string of the molecule is Cc1nnc(CNC(=NCc2ccc3c(c2)OCO3)NCCc2cccs2)n1C.I. The molecule has 0 unspecified atom stereocenters. The highest BCUT2D eigenvalue weighted by atomic mass is 127. The zero-order valence-corrected chi connectivity index (χ0v) is 20.1. The van der Waals surface area contributed by atoms with Crippen molar-refractivity contribution >= 4 is 41.3 Å². The monoisotopic (exact) mass is 540 g/mol. The van der Waals surface area contributed by atoms with Gasteiger partial charge in [0.05, 0.1) is 13.1 Å². The van der Waals surface area contributed by atoms with Crippen molar-refractivity contribution in [2.75, 3.05) is 13.3 Å². The standard InChI is InChI=1S/C20H24N6O2S.HI/c1-14-24-25-19(26(14)2)12-23-20(21-8-7-16-4-3-9-29-16)22-11-15-5-6-17-18(10-15)28-13-27-17;/h3-6,9-10H,7-8,11-13H2,1-2H3,(H2,21,22,23);1H. The van der Waals surface area contributed by atoms with Crippen LogP contribution in [-0.2, 0) is 26.6 Å². The fourth-order valence-corrected chi connectivity index (χ4v) is 3.62. The minimum Gasteiger partial charge on any atom is -0.454 e. The summed E-state index contributed by atoms with van der Waals surface area (Å²) in [4.78, 5) is 6.08. The largest absolute Gasteiger partial charge is 0.454 e. The quantitative estimate of drug-likeness (QED) is 0.272. The molecule has 1 aliphatic rings. The first-order valence-corrected chi connectivity index (χ1v) is 10.3. The molecule has 3 heterocycles. The van der Waals surface area contributed by atoms with E-state index in [0.717, 1.165) is 47.6 Å². The van der Waals surface area contributed by atoms with Gasteiger partial charge >= 0.3 is 0 Å². The number of guanidine groups is 1. The number of thiophene rings is 1. The van der Waals surface area contributed by atoms with Crippen LogP contribution >= 0.6 is 35.3 Å². The van der Waals surface area contributed by atoms with E-state index in [-0.39, 0.29) is 30.8 Å². The van der Waals surface area contributed by atoms with Gasteiger partial charge < -0.3 is 24.7 Å². The van der Waals surface area contributed by atoms with Crippen molar-refractivity contribution < 1.29 is 9.47 Å². The van der Waals surface area contributed by atoms with Gasteiger partial charge in [-0.25, -0.2) is 4.99 Å². The fourth-order valence-electron chi connectivity index (χ4n) is 2.91. The van der Waals surface area contributed by atoms with Gasteiger partial charge in [0.15, 0.2) is 23.3 Å². The second kappa shape index (κ2) is 10.6. The average Bonchev–Trinajstić information content (AvgIpc) is 3.47. The van der Waals surface area contributed by atoms with Crippen molar-refractivity contribution in [2.24, 2.45) is 12.0 Å². The van der Waals surface area contributed by atoms with Gasteiger partial charge in [-0.1, -0.05) is 12.1 Å². The van der Waals surface area contributed by atoms with E-state index in [4.69, 9.17) is 14.5 Å². The van der Waals surface area contributed by atoms with Gasteiger partial charge in [0.2, 0.25) is 6.79 Å². The molecule has 0 radical (unpaired) electrons. The summed E-state index contributed by atoms with van der Waals surface area (Å²) in [5.41, 5.74) is 1.06. The Balaban J connectivity index is 0.00000256. The Kier molecular flexibility index (Phi) is 7.91. The number of hydrogen-bond acceptors (Lipinski definition) is 6. The molecule has 2 aromatic heterocycles. The van der Waals surface area contributed by atoms with Gasteiger partial charge in [0.1, 0.15) is 5.82 Å². The first kappa shape index (κ1) is 22.3. The molecular formula is C20H25IN6O2S. The number of nitrogens with one attached hydrogen (secondary N) is 2. The van der Waals surface area contributed by atoms with Gasteiger partial charge in [-0.05, 0) is 42.5 Å². The van der Waals surface area contributed by atoms with Crippen LogP contribution in [0.5, 0.6) is 11.5 Å². The molecule has 2 N–H and O–H groups in total. The molecule has 4 rings (SSSR count). The third kappa shape index (κ3) is 5.63. The third-order valence-corrected chi connectivity index (χ3v) is 5.63. The Bertz CT molecular complexity index is 989. The lowest BCUT2D eigenvalue weighted by Gasteiger charge is -2.12. The van der Waals surface area contributed by atoms with Gasteiger partial charge in [0, 0.05) is 18.5 Å². The first-order chi connectivity index (χ1) is 14.2. The summed E-state index contributed by atoms with van der Waals surface area (Å²) in [7, 11) is 1.96. The van der Waals surface area contributed by atoms with Crippen LogP contribution in [-0.4, -0.2) is 34.1 Å². The molecule has 0 saturated heterocycles. The number of nitrogens with zero attached hydrogens (tertiary/aromatic N) is 4. The predicted molar refractivity (Wildman–Crippen MR) is 128 cm³/mol. The Hall–Kier alpha value is -2.34. The molecule has 0 bridgehead atoms. The van der Waals surface area contributed by atoms with E-state index < -0.39 is 0 Å². The molecule has 0 fully saturated rings. The lowest BCUT2D eigenvalue weighted by Crippen LogP contribution is -2.38. The molecule has 30 heavy (non-hydrogen) atoms. The molecule has 1 aromatic carbocycles. The van der Waals surface area contributed by atoms with Crippen molar-refractivity contribution in [1.29, 1.82) is 0 Å². The van der Waals surface area contributed by atoms with Gasteiger partial charge in [0.25, 0.3) is 0 Å². The van der Waals surface area contributed by atoms with E-state index in [2.05, 4.69) is 38.3 Å². The summed E-state index contributed by atoms with van der Waals surface area (Å²) in [6, 6.07) is 10.1. The van der Waals surface area contributed by atoms with Crippen molar-refractivity contribution in [2.45, 2.75) is 26.4 Å². The number of benzene rings is 1. The topological polar surface area (TPSA) is 85.6 Å². The van der Waals surface area contributed by atoms with E-state index in [0.29, 0.717) is 13.1 Å². The second-order valence-electron chi connectivity index (χ2n) is 6.68. The molecule has 0 amide bonds. The zero-order valence-electron chi connectivity index (χ0n) is 16.9. The van der Waals surface area contributed by atoms with E-state index in [1.54, 1.807) is 11.3 Å². The maximum atomic E-state index is 5.45. The van der Waals surface area contributed by atoms with E-state index in [1.807, 2.05) is 36.7 Å². The minimum absolute atomic E-state index is 0. The molecule has 1 aliphatic heterocycles. The van der Waals surface area contributed by atoms with Gasteiger partial charge in [-0.15, -0.1) is 45.5 Å². The zero-order chi connectivity index (χ0) is 20.1. The maximum Gasteiger partial charge on any atom is 0.231 e. The Labute approximate surface area is 196 Å². The Morgan fingerprint density at radius 2 is 2.07 bits per heavy atom. The summed E-state index contributed by atoms with van der Waals surface area (Å²) >= 11 is 1.76. The summed E-state index contributed by atoms with van der Waals surface area (Å²) < 4.78 is 12.8. The van der Waals surface area contributed by atoms with Gasteiger partial charge in [-0.3, -0.25) is 0 Å². The van der Waals surface area contributed by atoms with Crippen molar-refractivity contribution in [3.05, 3.63) is 57.8 Å². The molecule has 0 atom stereocenters. The molecule has 160 valence electrons. The predicted octanol–water partition coefficient (Wildman–Crippen LogP) is 3.01. The molecule has 8 nitrogen and oxygen atoms in total. The number of hydrogen-bond donors (Lipinski definition) is 2. The lowest BCUT2D eigenvalue weighted by molar-refractivity contribution is 0.174. The Morgan fingerprint density at radius 1 is 1.20 bits per heavy atom. The van der Waals surface area contributed by atoms with Crippen LogP contribution in [0.1, 0.15) is 22.1 Å². The summed E-state index contributed by atoms with van der Waals surface area (Å²) in [6.07, 6.45) is 0.950. The highest BCUT2D eigenvalue weighted by Gasteiger charge is 2.13. The highest BCUT2D eigenvalue weighted by molar-refractivity contribution is 14.0. The van der Waals surface area contributed by atoms with Crippen molar-refractivity contribution in [3.8, 4) is 11.5 Å². The van der Waals surface area contributed by atoms with Crippen LogP contribution < -0.4 is 20.1 Å². The molecule has 0 aliphatic carbocycles. The van der Waals surface area contributed by atoms with E-state index in [9.17, 15) is 0 Å². The van der Waals surface area contributed by atoms with Crippen LogP contribution in [0, 0.1) is 6.92 Å². The number of fused-ring (bicyclic) bond motifs is 1. The van der Waals surface area contributed by atoms with Crippen molar-refractivity contribution in [3.63, 3.8) is 0 Å². The molecule has 3 aromatic rings. The molecule has 0 saturated carbocycles. The van der Waals surface area contributed by atoms with Crippen LogP contribution in [0.2, 0.25) is 0 Å². The lowest BCUT2D eigenvalue weighted by atomic mass is 10.2. The highest BCUT2D eigenvalue weighted by Crippen LogP contribution is 2.32. The minimum atomic E-state index is 0. The van der Waals surface area contributed by atoms with E-state index in [1.165, 1.54) is 4.88 Å². The molecular weight excluding hydrogens is 515 g/mol. The van der Waals surface area contributed by atoms with Gasteiger partial charge in [-0.2, -0.15) is 0 Å². The smallest absolute Gasteiger partial charge is 0.231 e. The second-order valence-corrected chi connectivity index (χ2v) is 7.72.